The van der Waals surface area contributed by atoms with Gasteiger partial charge in [-0.25, -0.2) is 33.7 Å². The summed E-state index contributed by atoms with van der Waals surface area (Å²) < 4.78 is 360. The zero-order chi connectivity index (χ0) is 83.7. The van der Waals surface area contributed by atoms with Gasteiger partial charge < -0.3 is 54.9 Å². The smallest absolute Gasteiger partial charge is 0.438 e. The zero-order valence-electron chi connectivity index (χ0n) is 65.8. The molecule has 0 spiro atoms. The highest BCUT2D eigenvalue weighted by Gasteiger charge is 2.75. The minimum Gasteiger partial charge on any atom is -0.748 e. The van der Waals surface area contributed by atoms with Crippen LogP contribution in [0.2, 0.25) is 76.6 Å². The van der Waals surface area contributed by atoms with Gasteiger partial charge >= 0.3 is 60.4 Å². The quantitative estimate of drug-likeness (QED) is 0.0104. The number of hydrogen-bond acceptors (Lipinski definition) is 24. The molecular weight excluding hydrogens is 1750 g/mol. The van der Waals surface area contributed by atoms with Crippen LogP contribution in [0.5, 0.6) is 0 Å². The number of carbonyl (C=O) groups excluding carboxylic acids is 4. The van der Waals surface area contributed by atoms with Crippen LogP contribution < -0.4 is 0 Å². The van der Waals surface area contributed by atoms with Gasteiger partial charge in [0.05, 0.1) is 63.5 Å². The third kappa shape index (κ3) is 70.7. The predicted octanol–water partition coefficient (Wildman–Crippen LogP) is 21.0. The molecule has 0 aliphatic heterocycles. The molecule has 0 aromatic carbocycles. The van der Waals surface area contributed by atoms with E-state index in [-0.39, 0.29) is 115 Å². The molecule has 47 heteroatoms. The molecule has 0 amide bonds. The van der Waals surface area contributed by atoms with Crippen molar-refractivity contribution < 1.29 is 174 Å². The monoisotopic (exact) mass is 1900 g/mol. The zero-order valence-corrected chi connectivity index (χ0v) is 73.1. The highest BCUT2D eigenvalue weighted by atomic mass is 32.2. The summed E-state index contributed by atoms with van der Waals surface area (Å²) in [6, 6.07) is 3.77. The van der Waals surface area contributed by atoms with Gasteiger partial charge in [-0.1, -0.05) is 149 Å². The highest BCUT2D eigenvalue weighted by Crippen LogP contribution is 2.47. The summed E-state index contributed by atoms with van der Waals surface area (Å²) in [6.45, 7) is 17.7. The number of unbranched alkanes of at least 4 members (excludes halogenated alkanes) is 14. The summed E-state index contributed by atoms with van der Waals surface area (Å²) in [6.07, 6.45) is -18.1. The summed E-state index contributed by atoms with van der Waals surface area (Å²) in [5, 5.41) is 0. The van der Waals surface area contributed by atoms with E-state index in [9.17, 15) is 137 Å². The summed E-state index contributed by atoms with van der Waals surface area (Å²) in [5.74, 6) is -13.9. The van der Waals surface area contributed by atoms with Crippen LogP contribution in [0.3, 0.4) is 0 Å². The molecule has 0 saturated heterocycles. The van der Waals surface area contributed by atoms with Crippen LogP contribution in [0.4, 0.5) is 65.9 Å². The van der Waals surface area contributed by atoms with E-state index in [1.54, 1.807) is 28.4 Å². The maximum atomic E-state index is 13.0. The fourth-order valence-corrected chi connectivity index (χ4v) is 17.6. The molecule has 718 valence electrons. The lowest BCUT2D eigenvalue weighted by Gasteiger charge is -2.36. The largest absolute Gasteiger partial charge is 0.748 e. The second kappa shape index (κ2) is 63.6. The number of halogens is 15. The molecule has 0 aliphatic carbocycles. The Morgan fingerprint density at radius 2 is 0.410 bits per heavy atom. The molecule has 0 fully saturated rings. The van der Waals surface area contributed by atoms with E-state index in [1.165, 1.54) is 0 Å². The SMILES string of the molecule is C.C.C.C.C.C.C.C.CO[Si](C)(C)CCCCCC(=O)OC(C)(CS(=O)(=O)[O-])C(F)(F)F.CO[Si](C)(C)CCCCCCC(=O)OC(C)(CS(=O)(=O)[O-])C(F)(F)F.CO[Si](C)(C)CCCCCCCC(=O)OC(C)(CS(=O)(=O)[O-])C(F)(F)F.CO[Si](C)(C)CCCCCCCCC(=O)OC(CS(=O)(=O)[O-])(C(F)(F)F)C(F)(F)F.[CH3+].[CH3+].[CH3+].[CH3+]. The molecule has 0 aliphatic rings. The van der Waals surface area contributed by atoms with Gasteiger partial charge in [0.1, 0.15) is 0 Å². The number of hydrogen-bond donors (Lipinski definition) is 0. The van der Waals surface area contributed by atoms with Gasteiger partial charge in [-0.05, 0) is 123 Å². The van der Waals surface area contributed by atoms with Gasteiger partial charge in [0.2, 0.25) is 16.8 Å². The Morgan fingerprint density at radius 1 is 0.265 bits per heavy atom. The Bertz CT molecular complexity index is 3050. The second-order valence-corrected chi connectivity index (χ2v) is 51.3. The molecular formula is C70H149F15O24S4Si4. The third-order valence-corrected chi connectivity index (χ3v) is 30.2. The van der Waals surface area contributed by atoms with Crippen LogP contribution in [0, 0.1) is 29.7 Å². The molecule has 24 nitrogen and oxygen atoms in total. The van der Waals surface area contributed by atoms with Gasteiger partial charge in [0, 0.05) is 83.8 Å². The predicted molar refractivity (Wildman–Crippen MR) is 439 cm³/mol. The average molecular weight is 1900 g/mol. The first-order valence-corrected chi connectivity index (χ1v) is 51.7. The van der Waals surface area contributed by atoms with Crippen molar-refractivity contribution in [3.63, 3.8) is 0 Å². The van der Waals surface area contributed by atoms with Crippen LogP contribution in [0.25, 0.3) is 0 Å². The summed E-state index contributed by atoms with van der Waals surface area (Å²) in [4.78, 5) is 46.4. The standard InChI is InChI=1S/C16H28F6O6SSi.C15H29F3O6SSi.C14H27F3O6SSi.C13H25F3O6SSi.8CH4.4CH3/c1-27-30(2,3)11-9-7-5-4-6-8-10-13(23)28-14(15(17,18)19,16(20,21)22)12-29(24,25)26;1-14(15(16,17)18,12-25(20,21)22)24-13(19)10-8-6-5-7-9-11-26(3,4)23-2;1-13(14(15,16)17,11-24(19,20)21)23-12(18)9-7-5-6-8-10-25(3,4)22-2;1-12(13(14,15)16,10-23(18,19)20)22-11(17)8-6-5-7-9-24(3,4)21-2;;;;;;;;;;;;/h4-12H2,1-3H3,(H,24,25,26);5-12H2,1-4H3,(H,20,21,22);5-11H2,1-4H3,(H,19,20,21);5-10H2,1-4H3,(H,18,19,20);8*1H4;4*1H3/q;;;;;;;;;;;;4*+1/p-4. The van der Waals surface area contributed by atoms with Gasteiger partial charge in [-0.3, -0.25) is 19.2 Å². The van der Waals surface area contributed by atoms with E-state index >= 15 is 0 Å². The van der Waals surface area contributed by atoms with Crippen molar-refractivity contribution in [1.29, 1.82) is 0 Å². The van der Waals surface area contributed by atoms with Crippen LogP contribution in [-0.4, -0.2) is 214 Å². The number of ether oxygens (including phenoxy) is 4. The summed E-state index contributed by atoms with van der Waals surface area (Å²) in [5.41, 5.74) is -15.4. The number of alkyl halides is 15. The number of esters is 4. The van der Waals surface area contributed by atoms with E-state index in [0.29, 0.717) is 72.1 Å². The molecule has 3 unspecified atom stereocenters. The maximum absolute atomic E-state index is 13.0. The van der Waals surface area contributed by atoms with Crippen molar-refractivity contribution in [3.8, 4) is 0 Å². The minimum absolute atomic E-state index is 0. The molecule has 0 saturated carbocycles. The molecule has 0 aromatic heterocycles. The lowest BCUT2D eigenvalue weighted by molar-refractivity contribution is -0.361. The van der Waals surface area contributed by atoms with Crippen molar-refractivity contribution in [2.75, 3.05) is 51.5 Å². The van der Waals surface area contributed by atoms with Gasteiger partial charge in [0.15, 0.2) is 33.3 Å². The molecule has 0 N–H and O–H groups in total. The first-order chi connectivity index (χ1) is 46.7. The van der Waals surface area contributed by atoms with Crippen molar-refractivity contribution >= 4 is 97.6 Å². The first-order valence-electron chi connectivity index (χ1n) is 32.9. The first kappa shape index (κ1) is 151. The Balaban J connectivity index is -0.0000000805. The molecule has 0 bridgehead atoms. The Hall–Kier alpha value is -3.34. The van der Waals surface area contributed by atoms with E-state index in [1.807, 2.05) is 13.1 Å². The molecule has 0 rings (SSSR count). The molecule has 0 aromatic rings. The summed E-state index contributed by atoms with van der Waals surface area (Å²) in [7, 11) is -21.6. The van der Waals surface area contributed by atoms with E-state index in [2.05, 4.69) is 58.2 Å². The molecule has 3 atom stereocenters. The van der Waals surface area contributed by atoms with Gasteiger partial charge in [0.25, 0.3) is 0 Å². The van der Waals surface area contributed by atoms with E-state index in [4.69, 9.17) is 17.7 Å². The van der Waals surface area contributed by atoms with Crippen molar-refractivity contribution in [2.45, 2.75) is 351 Å². The fourth-order valence-electron chi connectivity index (χ4n) is 8.85. The lowest BCUT2D eigenvalue weighted by Crippen LogP contribution is -2.63. The van der Waals surface area contributed by atoms with Gasteiger partial charge in [-0.15, -0.1) is 0 Å². The summed E-state index contributed by atoms with van der Waals surface area (Å²) >= 11 is 0. The topological polar surface area (TPSA) is 371 Å². The lowest BCUT2D eigenvalue weighted by atomic mass is 10.1. The van der Waals surface area contributed by atoms with Crippen LogP contribution >= 0.6 is 0 Å². The normalized spacial score (nSPS) is 13.7. The fraction of sp³-hybridized carbons (Fsp3) is 0.886. The Labute approximate surface area is 700 Å². The Kier molecular flexibility index (Phi) is 82.2. The van der Waals surface area contributed by atoms with E-state index < -0.39 is 180 Å². The third-order valence-electron chi connectivity index (χ3n) is 16.1. The maximum Gasteiger partial charge on any atom is 0.438 e. The van der Waals surface area contributed by atoms with Crippen LogP contribution in [0.1, 0.15) is 221 Å². The van der Waals surface area contributed by atoms with Crippen molar-refractivity contribution in [3.05, 3.63) is 29.7 Å². The highest BCUT2D eigenvalue weighted by molar-refractivity contribution is 7.86. The second-order valence-electron chi connectivity index (χ2n) is 27.9. The Morgan fingerprint density at radius 3 is 0.556 bits per heavy atom. The average Bonchev–Trinajstić information content (AvgIpc) is 0.746. The number of carbonyl (C=O) groups is 4. The molecule has 117 heavy (non-hydrogen) atoms. The number of rotatable bonds is 46. The van der Waals surface area contributed by atoms with E-state index in [0.717, 1.165) is 82.0 Å². The van der Waals surface area contributed by atoms with Crippen LogP contribution in [-0.2, 0) is 96.3 Å². The minimum atomic E-state index is -6.34. The van der Waals surface area contributed by atoms with Crippen molar-refractivity contribution in [2.24, 2.45) is 0 Å². The molecule has 0 heterocycles. The molecule has 0 radical (unpaired) electrons. The van der Waals surface area contributed by atoms with Gasteiger partial charge in [-0.2, -0.15) is 65.9 Å². The van der Waals surface area contributed by atoms with Crippen LogP contribution in [0.15, 0.2) is 0 Å². The van der Waals surface area contributed by atoms with Crippen molar-refractivity contribution in [1.82, 2.24) is 0 Å².